The smallest absolute Gasteiger partial charge is 0.338 e. The highest BCUT2D eigenvalue weighted by Gasteiger charge is 2.16. The highest BCUT2D eigenvalue weighted by atomic mass is 35.5. The summed E-state index contributed by atoms with van der Waals surface area (Å²) in [4.78, 5) is 19.5. The highest BCUT2D eigenvalue weighted by molar-refractivity contribution is 7.85. The maximum atomic E-state index is 12.8. The van der Waals surface area contributed by atoms with E-state index in [1.807, 2.05) is 18.2 Å². The van der Waals surface area contributed by atoms with Crippen molar-refractivity contribution < 1.29 is 14.1 Å². The second kappa shape index (κ2) is 6.40. The van der Waals surface area contributed by atoms with Crippen molar-refractivity contribution in [3.63, 3.8) is 0 Å². The maximum Gasteiger partial charge on any atom is 0.338 e. The summed E-state index contributed by atoms with van der Waals surface area (Å²) < 4.78 is 14.1. The number of hydrogen-bond donors (Lipinski definition) is 2. The standard InChI is InChI=1S/C17H11ClN4O3S/c18-12-6-13-14(7-15(12)26(25)11-4-2-1-3-5-11)21-17(20-13)22-9-10(8-19-22)16(23)24/h1-9H,(H,20,21)(H,23,24). The van der Waals surface area contributed by atoms with Crippen molar-refractivity contribution in [2.45, 2.75) is 9.79 Å². The minimum Gasteiger partial charge on any atom is -0.478 e. The number of benzene rings is 2. The average molecular weight is 387 g/mol. The van der Waals surface area contributed by atoms with Gasteiger partial charge in [0.25, 0.3) is 0 Å². The van der Waals surface area contributed by atoms with Gasteiger partial charge in [-0.3, -0.25) is 0 Å². The lowest BCUT2D eigenvalue weighted by Crippen LogP contribution is -1.97. The Morgan fingerprint density at radius 3 is 2.69 bits per heavy atom. The van der Waals surface area contributed by atoms with E-state index in [2.05, 4.69) is 15.1 Å². The summed E-state index contributed by atoms with van der Waals surface area (Å²) in [6.45, 7) is 0. The fourth-order valence-corrected chi connectivity index (χ4v) is 3.96. The van der Waals surface area contributed by atoms with Crippen molar-refractivity contribution in [1.82, 2.24) is 19.7 Å². The van der Waals surface area contributed by atoms with Crippen LogP contribution in [-0.4, -0.2) is 35.0 Å². The quantitative estimate of drug-likeness (QED) is 0.560. The molecule has 4 aromatic rings. The number of aromatic carboxylic acids is 1. The molecule has 26 heavy (non-hydrogen) atoms. The van der Waals surface area contributed by atoms with Crippen LogP contribution in [0.5, 0.6) is 0 Å². The SMILES string of the molecule is O=C(O)c1cnn(-c2nc3cc(Cl)c(S(=O)c4ccccc4)cc3[nH]2)c1. The van der Waals surface area contributed by atoms with Gasteiger partial charge >= 0.3 is 5.97 Å². The Kier molecular flexibility index (Phi) is 4.06. The first-order valence-electron chi connectivity index (χ1n) is 7.47. The third kappa shape index (κ3) is 2.89. The summed E-state index contributed by atoms with van der Waals surface area (Å²) >= 11 is 6.30. The zero-order valence-corrected chi connectivity index (χ0v) is 14.7. The van der Waals surface area contributed by atoms with Crippen LogP contribution in [0.1, 0.15) is 10.4 Å². The zero-order chi connectivity index (χ0) is 18.3. The monoisotopic (exact) mass is 386 g/mol. The van der Waals surface area contributed by atoms with E-state index in [9.17, 15) is 9.00 Å². The molecular formula is C17H11ClN4O3S. The fraction of sp³-hybridized carbons (Fsp3) is 0. The van der Waals surface area contributed by atoms with E-state index in [0.717, 1.165) is 0 Å². The molecule has 0 saturated heterocycles. The summed E-state index contributed by atoms with van der Waals surface area (Å²) in [6, 6.07) is 12.3. The summed E-state index contributed by atoms with van der Waals surface area (Å²) in [5.74, 6) is -0.734. The predicted octanol–water partition coefficient (Wildman–Crippen LogP) is 3.27. The van der Waals surface area contributed by atoms with Crippen LogP contribution in [-0.2, 0) is 10.8 Å². The van der Waals surface area contributed by atoms with E-state index in [1.165, 1.54) is 17.1 Å². The van der Waals surface area contributed by atoms with E-state index in [0.29, 0.717) is 31.8 Å². The van der Waals surface area contributed by atoms with Gasteiger partial charge in [-0.15, -0.1) is 0 Å². The van der Waals surface area contributed by atoms with Crippen molar-refractivity contribution in [2.75, 3.05) is 0 Å². The molecule has 2 heterocycles. The van der Waals surface area contributed by atoms with Gasteiger partial charge in [0.05, 0.1) is 43.5 Å². The number of rotatable bonds is 4. The number of hydrogen-bond acceptors (Lipinski definition) is 4. The third-order valence-corrected chi connectivity index (χ3v) is 5.59. The average Bonchev–Trinajstić information content (AvgIpc) is 3.27. The molecule has 2 aromatic carbocycles. The van der Waals surface area contributed by atoms with Crippen LogP contribution in [0.25, 0.3) is 17.0 Å². The molecule has 9 heteroatoms. The third-order valence-electron chi connectivity index (χ3n) is 3.73. The Bertz CT molecular complexity index is 1150. The number of carboxylic acids is 1. The fourth-order valence-electron chi connectivity index (χ4n) is 2.47. The first-order valence-corrected chi connectivity index (χ1v) is 9.00. The number of aromatic nitrogens is 4. The Morgan fingerprint density at radius 2 is 2.00 bits per heavy atom. The van der Waals surface area contributed by atoms with E-state index >= 15 is 0 Å². The van der Waals surface area contributed by atoms with Gasteiger partial charge in [-0.05, 0) is 24.3 Å². The van der Waals surface area contributed by atoms with Crippen molar-refractivity contribution in [2.24, 2.45) is 0 Å². The van der Waals surface area contributed by atoms with Crippen molar-refractivity contribution in [3.05, 3.63) is 65.4 Å². The summed E-state index contributed by atoms with van der Waals surface area (Å²) in [7, 11) is -1.43. The highest BCUT2D eigenvalue weighted by Crippen LogP contribution is 2.29. The maximum absolute atomic E-state index is 12.8. The number of halogens is 1. The van der Waals surface area contributed by atoms with Crippen LogP contribution < -0.4 is 0 Å². The van der Waals surface area contributed by atoms with Gasteiger partial charge in [0, 0.05) is 11.1 Å². The van der Waals surface area contributed by atoms with Crippen LogP contribution in [0.3, 0.4) is 0 Å². The van der Waals surface area contributed by atoms with E-state index < -0.39 is 16.8 Å². The number of aromatic amines is 1. The van der Waals surface area contributed by atoms with Crippen LogP contribution in [0.15, 0.2) is 64.6 Å². The molecule has 130 valence electrons. The number of carboxylic acid groups (broad SMARTS) is 1. The normalized spacial score (nSPS) is 12.3. The molecule has 0 aliphatic carbocycles. The first-order chi connectivity index (χ1) is 12.5. The van der Waals surface area contributed by atoms with Crippen LogP contribution in [0, 0.1) is 0 Å². The lowest BCUT2D eigenvalue weighted by molar-refractivity contribution is 0.0697. The van der Waals surface area contributed by atoms with E-state index in [4.69, 9.17) is 16.7 Å². The zero-order valence-electron chi connectivity index (χ0n) is 13.1. The Hall–Kier alpha value is -2.97. The van der Waals surface area contributed by atoms with Gasteiger partial charge in [0.15, 0.2) is 0 Å². The molecule has 2 aromatic heterocycles. The summed E-state index contributed by atoms with van der Waals surface area (Å²) in [6.07, 6.45) is 2.59. The van der Waals surface area contributed by atoms with E-state index in [-0.39, 0.29) is 5.56 Å². The van der Waals surface area contributed by atoms with Crippen LogP contribution in [0.2, 0.25) is 5.02 Å². The molecule has 0 spiro atoms. The first kappa shape index (κ1) is 16.5. The molecule has 0 amide bonds. The molecule has 0 bridgehead atoms. The lowest BCUT2D eigenvalue weighted by Gasteiger charge is -2.04. The molecule has 0 aliphatic rings. The van der Waals surface area contributed by atoms with Gasteiger partial charge in [-0.1, -0.05) is 29.8 Å². The number of carbonyl (C=O) groups is 1. The topological polar surface area (TPSA) is 101 Å². The van der Waals surface area contributed by atoms with Gasteiger partial charge in [0.2, 0.25) is 5.95 Å². The lowest BCUT2D eigenvalue weighted by atomic mass is 10.3. The molecule has 1 atom stereocenters. The Morgan fingerprint density at radius 1 is 1.23 bits per heavy atom. The molecule has 7 nitrogen and oxygen atoms in total. The number of H-pyrrole nitrogens is 1. The number of imidazole rings is 1. The second-order valence-electron chi connectivity index (χ2n) is 5.42. The predicted molar refractivity (Wildman–Crippen MR) is 96.3 cm³/mol. The number of nitrogens with zero attached hydrogens (tertiary/aromatic N) is 3. The van der Waals surface area contributed by atoms with Gasteiger partial charge < -0.3 is 10.1 Å². The molecule has 0 fully saturated rings. The molecule has 1 unspecified atom stereocenters. The van der Waals surface area contributed by atoms with Crippen LogP contribution in [0.4, 0.5) is 0 Å². The van der Waals surface area contributed by atoms with Crippen molar-refractivity contribution >= 4 is 39.4 Å². The Balaban J connectivity index is 1.77. The Labute approximate surface area is 154 Å². The molecular weight excluding hydrogens is 376 g/mol. The van der Waals surface area contributed by atoms with E-state index in [1.54, 1.807) is 24.3 Å². The largest absolute Gasteiger partial charge is 0.478 e. The van der Waals surface area contributed by atoms with Crippen molar-refractivity contribution in [1.29, 1.82) is 0 Å². The molecule has 0 radical (unpaired) electrons. The molecule has 2 N–H and O–H groups in total. The second-order valence-corrected chi connectivity index (χ2v) is 7.28. The number of fused-ring (bicyclic) bond motifs is 1. The summed E-state index contributed by atoms with van der Waals surface area (Å²) in [5.41, 5.74) is 1.23. The summed E-state index contributed by atoms with van der Waals surface area (Å²) in [5, 5.41) is 13.3. The molecule has 0 saturated carbocycles. The minimum absolute atomic E-state index is 0.0503. The molecule has 0 aliphatic heterocycles. The minimum atomic E-state index is -1.43. The number of nitrogens with one attached hydrogen (secondary N) is 1. The van der Waals surface area contributed by atoms with Gasteiger partial charge in [-0.25, -0.2) is 18.7 Å². The van der Waals surface area contributed by atoms with Gasteiger partial charge in [-0.2, -0.15) is 5.10 Å². The molecule has 4 rings (SSSR count). The van der Waals surface area contributed by atoms with Crippen molar-refractivity contribution in [3.8, 4) is 5.95 Å². The van der Waals surface area contributed by atoms with Gasteiger partial charge in [0.1, 0.15) is 0 Å². The van der Waals surface area contributed by atoms with Crippen LogP contribution >= 0.6 is 11.6 Å².